The molecular weight excluding hydrogens is 162 g/mol. The zero-order valence-corrected chi connectivity index (χ0v) is 8.27. The van der Waals surface area contributed by atoms with Crippen molar-refractivity contribution in [3.63, 3.8) is 0 Å². The van der Waals surface area contributed by atoms with E-state index in [1.54, 1.807) is 0 Å². The third-order valence-electron chi connectivity index (χ3n) is 3.61. The number of carbonyl (C=O) groups is 1. The molecule has 0 atom stereocenters. The van der Waals surface area contributed by atoms with Crippen LogP contribution in [0.3, 0.4) is 0 Å². The minimum absolute atomic E-state index is 0.278. The van der Waals surface area contributed by atoms with Crippen molar-refractivity contribution in [1.82, 2.24) is 5.32 Å². The van der Waals surface area contributed by atoms with Crippen LogP contribution in [0.2, 0.25) is 0 Å². The molecule has 2 rings (SSSR count). The molecule has 2 aliphatic rings. The third kappa shape index (κ3) is 2.04. The van der Waals surface area contributed by atoms with Crippen molar-refractivity contribution in [1.29, 1.82) is 0 Å². The smallest absolute Gasteiger partial charge is 0.220 e. The van der Waals surface area contributed by atoms with Gasteiger partial charge < -0.3 is 5.32 Å². The molecule has 2 heteroatoms. The monoisotopic (exact) mass is 181 g/mol. The highest BCUT2D eigenvalue weighted by Crippen LogP contribution is 2.39. The van der Waals surface area contributed by atoms with Crippen LogP contribution in [0, 0.1) is 5.41 Å². The van der Waals surface area contributed by atoms with Crippen LogP contribution in [0.5, 0.6) is 0 Å². The highest BCUT2D eigenvalue weighted by molar-refractivity contribution is 5.79. The van der Waals surface area contributed by atoms with Crippen LogP contribution < -0.4 is 5.32 Å². The summed E-state index contributed by atoms with van der Waals surface area (Å²) in [5.41, 5.74) is 0.359. The molecule has 1 saturated carbocycles. The molecule has 1 N–H and O–H groups in total. The first-order valence-electron chi connectivity index (χ1n) is 5.58. The van der Waals surface area contributed by atoms with E-state index >= 15 is 0 Å². The van der Waals surface area contributed by atoms with E-state index in [-0.39, 0.29) is 5.91 Å². The van der Waals surface area contributed by atoms with Gasteiger partial charge in [0.25, 0.3) is 0 Å². The lowest BCUT2D eigenvalue weighted by Gasteiger charge is -2.28. The Morgan fingerprint density at radius 2 is 1.62 bits per heavy atom. The normalized spacial score (nSPS) is 28.2. The van der Waals surface area contributed by atoms with Crippen molar-refractivity contribution in [2.45, 2.75) is 51.4 Å². The van der Waals surface area contributed by atoms with Crippen molar-refractivity contribution in [3.8, 4) is 0 Å². The quantitative estimate of drug-likeness (QED) is 0.610. The Hall–Kier alpha value is -0.530. The van der Waals surface area contributed by atoms with Gasteiger partial charge in [-0.1, -0.05) is 32.1 Å². The number of nitrogens with one attached hydrogen (secondary N) is 1. The minimum atomic E-state index is 0.278. The third-order valence-corrected chi connectivity index (χ3v) is 3.61. The second-order valence-corrected chi connectivity index (χ2v) is 4.72. The largest absolute Gasteiger partial charge is 0.356 e. The lowest BCUT2D eigenvalue weighted by Crippen LogP contribution is -2.24. The molecule has 2 fully saturated rings. The molecule has 74 valence electrons. The van der Waals surface area contributed by atoms with Crippen molar-refractivity contribution in [2.24, 2.45) is 5.41 Å². The first-order valence-corrected chi connectivity index (χ1v) is 5.58. The second-order valence-electron chi connectivity index (χ2n) is 4.72. The Balaban J connectivity index is 1.97. The van der Waals surface area contributed by atoms with Gasteiger partial charge in [0.15, 0.2) is 0 Å². The van der Waals surface area contributed by atoms with E-state index in [0.717, 1.165) is 13.0 Å². The minimum Gasteiger partial charge on any atom is -0.356 e. The van der Waals surface area contributed by atoms with Crippen molar-refractivity contribution >= 4 is 5.91 Å². The highest BCUT2D eigenvalue weighted by Gasteiger charge is 2.37. The van der Waals surface area contributed by atoms with Gasteiger partial charge in [-0.05, 0) is 18.3 Å². The number of hydrogen-bond acceptors (Lipinski definition) is 1. The molecule has 13 heavy (non-hydrogen) atoms. The molecule has 1 amide bonds. The fourth-order valence-corrected chi connectivity index (χ4v) is 2.76. The van der Waals surface area contributed by atoms with Gasteiger partial charge >= 0.3 is 0 Å². The van der Waals surface area contributed by atoms with Gasteiger partial charge in [0.2, 0.25) is 5.91 Å². The Kier molecular flexibility index (Phi) is 2.56. The van der Waals surface area contributed by atoms with Crippen molar-refractivity contribution < 1.29 is 4.79 Å². The fourth-order valence-electron chi connectivity index (χ4n) is 2.76. The van der Waals surface area contributed by atoms with E-state index in [4.69, 9.17) is 0 Å². The average Bonchev–Trinajstić information content (AvgIpc) is 2.42. The van der Waals surface area contributed by atoms with Crippen LogP contribution in [-0.2, 0) is 4.79 Å². The molecule has 0 aromatic heterocycles. The molecule has 1 saturated heterocycles. The molecular formula is C11H19NO. The van der Waals surface area contributed by atoms with Gasteiger partial charge in [-0.3, -0.25) is 4.79 Å². The molecule has 1 heterocycles. The summed E-state index contributed by atoms with van der Waals surface area (Å²) in [5.74, 6) is 0.278. The average molecular weight is 181 g/mol. The van der Waals surface area contributed by atoms with Gasteiger partial charge in [0.05, 0.1) is 0 Å². The van der Waals surface area contributed by atoms with Gasteiger partial charge in [-0.15, -0.1) is 0 Å². The summed E-state index contributed by atoms with van der Waals surface area (Å²) in [6.45, 7) is 0.950. The number of carbonyl (C=O) groups excluding carboxylic acids is 1. The summed E-state index contributed by atoms with van der Waals surface area (Å²) >= 11 is 0. The Morgan fingerprint density at radius 1 is 1.00 bits per heavy atom. The lowest BCUT2D eigenvalue weighted by atomic mass is 9.75. The van der Waals surface area contributed by atoms with Crippen LogP contribution in [0.1, 0.15) is 51.4 Å². The van der Waals surface area contributed by atoms with Crippen molar-refractivity contribution in [3.05, 3.63) is 0 Å². The maximum absolute atomic E-state index is 11.2. The molecule has 1 aliphatic carbocycles. The van der Waals surface area contributed by atoms with Crippen LogP contribution >= 0.6 is 0 Å². The SMILES string of the molecule is O=C1CC2(CCCCCCC2)CN1. The first kappa shape index (κ1) is 9.04. The van der Waals surface area contributed by atoms with E-state index in [2.05, 4.69) is 5.32 Å². The Labute approximate surface area is 80.1 Å². The maximum Gasteiger partial charge on any atom is 0.220 e. The lowest BCUT2D eigenvalue weighted by molar-refractivity contribution is -0.119. The highest BCUT2D eigenvalue weighted by atomic mass is 16.1. The molecule has 0 aromatic rings. The standard InChI is InChI=1S/C11H19NO/c13-10-8-11(9-12-10)6-4-2-1-3-5-7-11/h1-9H2,(H,12,13). The summed E-state index contributed by atoms with van der Waals surface area (Å²) in [5, 5.41) is 2.99. The zero-order chi connectivity index (χ0) is 9.15. The van der Waals surface area contributed by atoms with Crippen LogP contribution in [-0.4, -0.2) is 12.5 Å². The molecule has 0 unspecified atom stereocenters. The molecule has 0 aromatic carbocycles. The summed E-state index contributed by atoms with van der Waals surface area (Å²) in [6, 6.07) is 0. The number of hydrogen-bond donors (Lipinski definition) is 1. The summed E-state index contributed by atoms with van der Waals surface area (Å²) in [6.07, 6.45) is 10.1. The van der Waals surface area contributed by atoms with Crippen LogP contribution in [0.15, 0.2) is 0 Å². The van der Waals surface area contributed by atoms with Gasteiger partial charge in [0.1, 0.15) is 0 Å². The van der Waals surface area contributed by atoms with E-state index < -0.39 is 0 Å². The van der Waals surface area contributed by atoms with Crippen molar-refractivity contribution in [2.75, 3.05) is 6.54 Å². The predicted octanol–water partition coefficient (Wildman–Crippen LogP) is 2.24. The maximum atomic E-state index is 11.2. The first-order chi connectivity index (χ1) is 6.31. The van der Waals surface area contributed by atoms with E-state index in [0.29, 0.717) is 5.41 Å². The molecule has 0 radical (unpaired) electrons. The summed E-state index contributed by atoms with van der Waals surface area (Å²) < 4.78 is 0. The van der Waals surface area contributed by atoms with Gasteiger partial charge in [-0.2, -0.15) is 0 Å². The Morgan fingerprint density at radius 3 is 2.15 bits per heavy atom. The molecule has 1 aliphatic heterocycles. The molecule has 2 nitrogen and oxygen atoms in total. The van der Waals surface area contributed by atoms with E-state index in [1.807, 2.05) is 0 Å². The van der Waals surface area contributed by atoms with Gasteiger partial charge in [-0.25, -0.2) is 0 Å². The molecule has 0 bridgehead atoms. The van der Waals surface area contributed by atoms with Crippen LogP contribution in [0.25, 0.3) is 0 Å². The van der Waals surface area contributed by atoms with E-state index in [1.165, 1.54) is 44.9 Å². The van der Waals surface area contributed by atoms with E-state index in [9.17, 15) is 4.79 Å². The fraction of sp³-hybridized carbons (Fsp3) is 0.909. The zero-order valence-electron chi connectivity index (χ0n) is 8.27. The molecule has 1 spiro atoms. The number of amides is 1. The predicted molar refractivity (Wildman–Crippen MR) is 52.4 cm³/mol. The topological polar surface area (TPSA) is 29.1 Å². The van der Waals surface area contributed by atoms with Crippen LogP contribution in [0.4, 0.5) is 0 Å². The van der Waals surface area contributed by atoms with Gasteiger partial charge in [0, 0.05) is 13.0 Å². The Bertz CT molecular complexity index is 192. The summed E-state index contributed by atoms with van der Waals surface area (Å²) in [4.78, 5) is 11.2. The second kappa shape index (κ2) is 3.69. The summed E-state index contributed by atoms with van der Waals surface area (Å²) in [7, 11) is 0. The number of rotatable bonds is 0.